The second-order valence-corrected chi connectivity index (χ2v) is 4.86. The van der Waals surface area contributed by atoms with Gasteiger partial charge in [-0.25, -0.2) is 0 Å². The van der Waals surface area contributed by atoms with Crippen molar-refractivity contribution in [1.29, 1.82) is 0 Å². The third-order valence-corrected chi connectivity index (χ3v) is 3.30. The lowest BCUT2D eigenvalue weighted by atomic mass is 10.2. The van der Waals surface area contributed by atoms with Gasteiger partial charge in [-0.2, -0.15) is 4.57 Å². The Morgan fingerprint density at radius 3 is 2.52 bits per heavy atom. The highest BCUT2D eigenvalue weighted by atomic mass is 35.5. The van der Waals surface area contributed by atoms with E-state index in [-0.39, 0.29) is 52.0 Å². The van der Waals surface area contributed by atoms with Crippen LogP contribution in [0.15, 0.2) is 36.7 Å². The van der Waals surface area contributed by atoms with Crippen LogP contribution >= 0.6 is 23.2 Å². The normalized spacial score (nSPS) is 9.81. The molecule has 1 aromatic heterocycles. The third kappa shape index (κ3) is 4.14. The first-order chi connectivity index (χ1) is 9.49. The predicted octanol–water partition coefficient (Wildman–Crippen LogP) is -0.789. The number of aromatic hydroxyl groups is 1. The quantitative estimate of drug-likeness (QED) is 0.386. The minimum Gasteiger partial charge on any atom is -1.00 e. The molecule has 0 fully saturated rings. The van der Waals surface area contributed by atoms with Crippen molar-refractivity contribution in [2.45, 2.75) is 6.54 Å². The molecule has 112 valence electrons. The van der Waals surface area contributed by atoms with E-state index < -0.39 is 0 Å². The molecule has 0 radical (unpaired) electrons. The summed E-state index contributed by atoms with van der Waals surface area (Å²) in [6, 6.07) is 6.81. The monoisotopic (exact) mass is 347 g/mol. The number of phenols is 1. The number of hydrogen-bond acceptors (Lipinski definition) is 3. The van der Waals surface area contributed by atoms with Gasteiger partial charge in [-0.15, -0.1) is 0 Å². The number of nitrogens with two attached hydrogens (primary N) is 1. The highest BCUT2D eigenvalue weighted by Gasteiger charge is 2.16. The van der Waals surface area contributed by atoms with Crippen LogP contribution in [0.4, 0.5) is 11.4 Å². The van der Waals surface area contributed by atoms with E-state index in [9.17, 15) is 9.90 Å². The van der Waals surface area contributed by atoms with Gasteiger partial charge in [0.05, 0.1) is 16.4 Å². The van der Waals surface area contributed by atoms with Gasteiger partial charge in [0.1, 0.15) is 5.02 Å². The summed E-state index contributed by atoms with van der Waals surface area (Å²) in [5, 5.41) is 12.4. The molecule has 5 nitrogen and oxygen atoms in total. The van der Waals surface area contributed by atoms with Crippen LogP contribution in [0.25, 0.3) is 0 Å². The molecule has 0 spiro atoms. The van der Waals surface area contributed by atoms with Gasteiger partial charge in [0.2, 0.25) is 6.54 Å². The number of aromatic nitrogens is 1. The number of pyridine rings is 1. The fraction of sp³-hybridized carbons (Fsp3) is 0.0769. The summed E-state index contributed by atoms with van der Waals surface area (Å²) in [6.45, 7) is 0.0971. The number of carbonyl (C=O) groups excluding carboxylic acids is 1. The zero-order valence-corrected chi connectivity index (χ0v) is 13.0. The van der Waals surface area contributed by atoms with E-state index >= 15 is 0 Å². The number of phenolic OH excluding ortho intramolecular Hbond substituents is 1. The maximum Gasteiger partial charge on any atom is 0.290 e. The molecule has 0 aliphatic carbocycles. The first-order valence-corrected chi connectivity index (χ1v) is 6.45. The number of nitrogens with one attached hydrogen (secondary N) is 1. The summed E-state index contributed by atoms with van der Waals surface area (Å²) in [5.41, 5.74) is 5.76. The first-order valence-electron chi connectivity index (χ1n) is 5.69. The Bertz CT molecular complexity index is 651. The number of rotatable bonds is 3. The summed E-state index contributed by atoms with van der Waals surface area (Å²) >= 11 is 11.7. The third-order valence-electron chi connectivity index (χ3n) is 2.61. The smallest absolute Gasteiger partial charge is 0.290 e. The lowest BCUT2D eigenvalue weighted by molar-refractivity contribution is -0.684. The fourth-order valence-electron chi connectivity index (χ4n) is 1.61. The molecule has 2 aromatic rings. The molecule has 0 aliphatic heterocycles. The summed E-state index contributed by atoms with van der Waals surface area (Å²) in [7, 11) is 0. The van der Waals surface area contributed by atoms with Gasteiger partial charge in [-0.3, -0.25) is 4.79 Å². The number of hydrogen-bond donors (Lipinski definition) is 3. The second kappa shape index (κ2) is 7.36. The van der Waals surface area contributed by atoms with Crippen LogP contribution in [-0.2, 0) is 11.3 Å². The van der Waals surface area contributed by atoms with E-state index in [1.165, 1.54) is 6.07 Å². The summed E-state index contributed by atoms with van der Waals surface area (Å²) in [6.07, 6.45) is 3.50. The summed E-state index contributed by atoms with van der Waals surface area (Å²) < 4.78 is 1.69. The van der Waals surface area contributed by atoms with Gasteiger partial charge in [0, 0.05) is 12.1 Å². The minimum atomic E-state index is -0.326. The fourth-order valence-corrected chi connectivity index (χ4v) is 2.07. The average Bonchev–Trinajstić information content (AvgIpc) is 2.43. The Morgan fingerprint density at radius 1 is 1.29 bits per heavy atom. The molecule has 1 heterocycles. The van der Waals surface area contributed by atoms with Crippen molar-refractivity contribution < 1.29 is 26.9 Å². The van der Waals surface area contributed by atoms with Gasteiger partial charge in [-0.1, -0.05) is 29.3 Å². The largest absolute Gasteiger partial charge is 1.00 e. The van der Waals surface area contributed by atoms with Crippen LogP contribution in [0.5, 0.6) is 5.75 Å². The molecule has 0 unspecified atom stereocenters. The number of carbonyl (C=O) groups is 1. The van der Waals surface area contributed by atoms with Crippen LogP contribution in [0.2, 0.25) is 10.0 Å². The molecule has 0 bridgehead atoms. The van der Waals surface area contributed by atoms with E-state index in [2.05, 4.69) is 5.32 Å². The topological polar surface area (TPSA) is 79.2 Å². The van der Waals surface area contributed by atoms with Gasteiger partial charge in [0.25, 0.3) is 5.91 Å². The highest BCUT2D eigenvalue weighted by molar-refractivity contribution is 6.40. The average molecular weight is 349 g/mol. The molecule has 1 aromatic carbocycles. The summed E-state index contributed by atoms with van der Waals surface area (Å²) in [5.74, 6) is -0.631. The van der Waals surface area contributed by atoms with Crippen LogP contribution in [0.3, 0.4) is 0 Å². The molecular weight excluding hydrogens is 337 g/mol. The molecule has 4 N–H and O–H groups in total. The van der Waals surface area contributed by atoms with Gasteiger partial charge in [-0.05, 0) is 6.07 Å². The van der Waals surface area contributed by atoms with E-state index in [0.29, 0.717) is 0 Å². The van der Waals surface area contributed by atoms with Crippen molar-refractivity contribution in [3.63, 3.8) is 0 Å². The Hall–Kier alpha value is -1.69. The first kappa shape index (κ1) is 17.4. The van der Waals surface area contributed by atoms with Crippen molar-refractivity contribution in [3.8, 4) is 5.75 Å². The lowest BCUT2D eigenvalue weighted by Crippen LogP contribution is -3.00. The van der Waals surface area contributed by atoms with Gasteiger partial charge < -0.3 is 28.6 Å². The second-order valence-electron chi connectivity index (χ2n) is 4.08. The zero-order valence-electron chi connectivity index (χ0n) is 10.7. The van der Waals surface area contributed by atoms with Gasteiger partial charge in [0.15, 0.2) is 18.1 Å². The van der Waals surface area contributed by atoms with Crippen LogP contribution in [0, 0.1) is 0 Å². The van der Waals surface area contributed by atoms with Crippen molar-refractivity contribution in [2.24, 2.45) is 0 Å². The molecule has 21 heavy (non-hydrogen) atoms. The molecule has 0 saturated heterocycles. The standard InChI is InChI=1S/C13H11Cl2N3O2.ClH/c14-8-6-9(13(20)11(15)12(8)16)17-10(19)7-18-4-2-1-3-5-18;/h1-6H,7,16H2,(H-,17,19,20);1H. The number of nitrogen functional groups attached to an aromatic ring is 1. The van der Waals surface area contributed by atoms with Crippen molar-refractivity contribution >= 4 is 40.5 Å². The van der Waals surface area contributed by atoms with E-state index in [0.717, 1.165) is 0 Å². The van der Waals surface area contributed by atoms with E-state index in [1.54, 1.807) is 17.0 Å². The van der Waals surface area contributed by atoms with Crippen LogP contribution in [0.1, 0.15) is 0 Å². The molecule has 0 saturated carbocycles. The molecule has 0 aliphatic rings. The SMILES string of the molecule is Nc1c(Cl)cc(NC(=O)C[n+]2ccccc2)c(O)c1Cl.[Cl-]. The molecule has 0 atom stereocenters. The van der Waals surface area contributed by atoms with Crippen LogP contribution in [-0.4, -0.2) is 11.0 Å². The Balaban J connectivity index is 0.00000220. The predicted molar refractivity (Wildman–Crippen MR) is 77.8 cm³/mol. The van der Waals surface area contributed by atoms with E-state index in [1.807, 2.05) is 18.2 Å². The number of benzene rings is 1. The number of anilines is 2. The number of amides is 1. The molecule has 2 rings (SSSR count). The number of nitrogens with zero attached hydrogens (tertiary/aromatic N) is 1. The summed E-state index contributed by atoms with van der Waals surface area (Å²) in [4.78, 5) is 11.9. The van der Waals surface area contributed by atoms with E-state index in [4.69, 9.17) is 28.9 Å². The Kier molecular flexibility index (Phi) is 6.08. The van der Waals surface area contributed by atoms with Gasteiger partial charge >= 0.3 is 0 Å². The van der Waals surface area contributed by atoms with Crippen molar-refractivity contribution in [2.75, 3.05) is 11.1 Å². The molecule has 8 heteroatoms. The Morgan fingerprint density at radius 2 is 1.90 bits per heavy atom. The Labute approximate surface area is 137 Å². The lowest BCUT2D eigenvalue weighted by Gasteiger charge is -2.10. The van der Waals surface area contributed by atoms with Crippen molar-refractivity contribution in [1.82, 2.24) is 0 Å². The maximum absolute atomic E-state index is 11.9. The number of halogens is 3. The van der Waals surface area contributed by atoms with Crippen LogP contribution < -0.4 is 28.0 Å². The molecule has 1 amide bonds. The minimum absolute atomic E-state index is 0. The molecular formula is C13H12Cl3N3O2. The zero-order chi connectivity index (χ0) is 14.7. The highest BCUT2D eigenvalue weighted by Crippen LogP contribution is 2.40. The van der Waals surface area contributed by atoms with Crippen molar-refractivity contribution in [3.05, 3.63) is 46.7 Å². The maximum atomic E-state index is 11.9.